The van der Waals surface area contributed by atoms with Crippen LogP contribution in [0.5, 0.6) is 0 Å². The van der Waals surface area contributed by atoms with Gasteiger partial charge in [-0.15, -0.1) is 0 Å². The number of hydrogen-bond donors (Lipinski definition) is 1. The fourth-order valence-electron chi connectivity index (χ4n) is 4.22. The Morgan fingerprint density at radius 1 is 0.815 bits per heavy atom. The van der Waals surface area contributed by atoms with Crippen molar-refractivity contribution in [1.82, 2.24) is 4.90 Å². The molecular weight excluding hydrogens is 330 g/mol. The molecular formula is C25H33NO. The Kier molecular flexibility index (Phi) is 5.88. The fourth-order valence-corrected chi connectivity index (χ4v) is 4.22. The van der Waals surface area contributed by atoms with Gasteiger partial charge in [-0.2, -0.15) is 0 Å². The van der Waals surface area contributed by atoms with Gasteiger partial charge in [0.15, 0.2) is 0 Å². The van der Waals surface area contributed by atoms with E-state index in [1.165, 1.54) is 32.7 Å². The highest BCUT2D eigenvalue weighted by molar-refractivity contribution is 6.08. The highest BCUT2D eigenvalue weighted by Crippen LogP contribution is 2.33. The number of hydrogen-bond acceptors (Lipinski definition) is 2. The minimum absolute atomic E-state index is 0.0966. The normalized spacial score (nSPS) is 14.4. The van der Waals surface area contributed by atoms with Crippen molar-refractivity contribution in [1.29, 1.82) is 0 Å². The lowest BCUT2D eigenvalue weighted by Gasteiger charge is -2.31. The molecule has 0 aliphatic rings. The molecule has 0 aliphatic heterocycles. The summed E-state index contributed by atoms with van der Waals surface area (Å²) in [6.45, 7) is 14.9. The molecule has 0 spiro atoms. The first kappa shape index (κ1) is 19.9. The zero-order valence-corrected chi connectivity index (χ0v) is 17.6. The van der Waals surface area contributed by atoms with Gasteiger partial charge in [0.05, 0.1) is 6.10 Å². The molecule has 2 heteroatoms. The van der Waals surface area contributed by atoms with E-state index in [-0.39, 0.29) is 6.04 Å². The van der Waals surface area contributed by atoms with E-state index in [1.54, 1.807) is 0 Å². The van der Waals surface area contributed by atoms with E-state index in [0.29, 0.717) is 5.92 Å². The Bertz CT molecular complexity index is 940. The Morgan fingerprint density at radius 3 is 2.11 bits per heavy atom. The molecule has 0 heterocycles. The molecule has 27 heavy (non-hydrogen) atoms. The van der Waals surface area contributed by atoms with Crippen molar-refractivity contribution in [2.75, 3.05) is 13.1 Å². The Labute approximate surface area is 163 Å². The predicted molar refractivity (Wildman–Crippen MR) is 118 cm³/mol. The van der Waals surface area contributed by atoms with Crippen molar-refractivity contribution in [3.05, 3.63) is 59.2 Å². The van der Waals surface area contributed by atoms with E-state index in [0.717, 1.165) is 18.7 Å². The molecule has 0 aromatic heterocycles. The molecule has 2 atom stereocenters. The molecule has 0 amide bonds. The van der Waals surface area contributed by atoms with E-state index in [1.807, 2.05) is 0 Å². The lowest BCUT2D eigenvalue weighted by Crippen LogP contribution is -2.37. The molecule has 0 aliphatic carbocycles. The number of rotatable bonds is 6. The van der Waals surface area contributed by atoms with Crippen LogP contribution in [0.1, 0.15) is 63.3 Å². The molecule has 2 nitrogen and oxygen atoms in total. The number of aryl methyl sites for hydroxylation is 1. The molecule has 0 saturated heterocycles. The van der Waals surface area contributed by atoms with E-state index >= 15 is 0 Å². The van der Waals surface area contributed by atoms with Gasteiger partial charge in [-0.05, 0) is 77.2 Å². The molecule has 1 N–H and O–H groups in total. The van der Waals surface area contributed by atoms with Crippen LogP contribution < -0.4 is 0 Å². The van der Waals surface area contributed by atoms with Gasteiger partial charge in [-0.1, -0.05) is 64.1 Å². The van der Waals surface area contributed by atoms with Crippen LogP contribution >= 0.6 is 0 Å². The van der Waals surface area contributed by atoms with E-state index in [4.69, 9.17) is 0 Å². The maximum absolute atomic E-state index is 11.1. The molecule has 0 saturated carbocycles. The van der Waals surface area contributed by atoms with Crippen molar-refractivity contribution in [3.8, 4) is 0 Å². The molecule has 144 valence electrons. The van der Waals surface area contributed by atoms with Crippen LogP contribution in [0.3, 0.4) is 0 Å². The van der Waals surface area contributed by atoms with Crippen molar-refractivity contribution < 1.29 is 5.11 Å². The third-order valence-corrected chi connectivity index (χ3v) is 6.06. The van der Waals surface area contributed by atoms with Gasteiger partial charge in [0.2, 0.25) is 0 Å². The first-order valence-corrected chi connectivity index (χ1v) is 10.3. The molecule has 0 fully saturated rings. The smallest absolute Gasteiger partial charge is 0.0942 e. The van der Waals surface area contributed by atoms with Crippen molar-refractivity contribution >= 4 is 21.5 Å². The summed E-state index contributed by atoms with van der Waals surface area (Å²) in [5.41, 5.74) is 3.60. The summed E-state index contributed by atoms with van der Waals surface area (Å²) >= 11 is 0. The number of likely N-dealkylation sites (N-methyl/N-ethyl adjacent to an activating group) is 1. The van der Waals surface area contributed by atoms with Crippen LogP contribution in [-0.4, -0.2) is 29.1 Å². The number of nitrogens with zero attached hydrogens (tertiary/aromatic N) is 1. The van der Waals surface area contributed by atoms with Crippen LogP contribution in [0.25, 0.3) is 21.5 Å². The monoisotopic (exact) mass is 363 g/mol. The van der Waals surface area contributed by atoms with Crippen molar-refractivity contribution in [3.63, 3.8) is 0 Å². The standard InChI is InChI=1S/C25H33NO/c1-7-26(8-2)18(6)25(27)21-13-17(5)22-11-10-20-14-19(16(3)4)9-12-23(20)24(22)15-21/h9-16,18,25,27H,7-8H2,1-6H3. The molecule has 3 rings (SSSR count). The van der Waals surface area contributed by atoms with Crippen molar-refractivity contribution in [2.45, 2.75) is 59.6 Å². The van der Waals surface area contributed by atoms with Crippen LogP contribution in [0.15, 0.2) is 42.5 Å². The second-order valence-corrected chi connectivity index (χ2v) is 8.04. The summed E-state index contributed by atoms with van der Waals surface area (Å²) in [5.74, 6) is 0.523. The Morgan fingerprint density at radius 2 is 1.48 bits per heavy atom. The second-order valence-electron chi connectivity index (χ2n) is 8.04. The van der Waals surface area contributed by atoms with Crippen LogP contribution in [0.4, 0.5) is 0 Å². The number of benzene rings is 3. The van der Waals surface area contributed by atoms with Gasteiger partial charge in [0, 0.05) is 6.04 Å². The predicted octanol–water partition coefficient (Wildman–Crippen LogP) is 6.19. The lowest BCUT2D eigenvalue weighted by molar-refractivity contribution is 0.0639. The highest BCUT2D eigenvalue weighted by atomic mass is 16.3. The minimum atomic E-state index is -0.488. The zero-order chi connectivity index (χ0) is 19.7. The third-order valence-electron chi connectivity index (χ3n) is 6.06. The SMILES string of the molecule is CCN(CC)C(C)C(O)c1cc(C)c2ccc3cc(C(C)C)ccc3c2c1. The fraction of sp³-hybridized carbons (Fsp3) is 0.440. The molecule has 0 radical (unpaired) electrons. The van der Waals surface area contributed by atoms with Gasteiger partial charge in [-0.3, -0.25) is 4.90 Å². The van der Waals surface area contributed by atoms with Gasteiger partial charge >= 0.3 is 0 Å². The van der Waals surface area contributed by atoms with Crippen LogP contribution in [0, 0.1) is 6.92 Å². The number of fused-ring (bicyclic) bond motifs is 3. The van der Waals surface area contributed by atoms with Gasteiger partial charge < -0.3 is 5.11 Å². The Balaban J connectivity index is 2.14. The second kappa shape index (κ2) is 8.00. The topological polar surface area (TPSA) is 23.5 Å². The quantitative estimate of drug-likeness (QED) is 0.528. The van der Waals surface area contributed by atoms with Crippen molar-refractivity contribution in [2.24, 2.45) is 0 Å². The first-order chi connectivity index (χ1) is 12.9. The molecule has 2 unspecified atom stereocenters. The van der Waals surface area contributed by atoms with Gasteiger partial charge in [0.25, 0.3) is 0 Å². The molecule has 3 aromatic carbocycles. The molecule has 0 bridgehead atoms. The first-order valence-electron chi connectivity index (χ1n) is 10.3. The summed E-state index contributed by atoms with van der Waals surface area (Å²) < 4.78 is 0. The number of aliphatic hydroxyl groups is 1. The lowest BCUT2D eigenvalue weighted by atomic mass is 9.91. The number of aliphatic hydroxyl groups excluding tert-OH is 1. The van der Waals surface area contributed by atoms with Crippen LogP contribution in [0.2, 0.25) is 0 Å². The van der Waals surface area contributed by atoms with Gasteiger partial charge in [0.1, 0.15) is 0 Å². The average Bonchev–Trinajstić information content (AvgIpc) is 2.67. The van der Waals surface area contributed by atoms with E-state index in [9.17, 15) is 5.11 Å². The maximum Gasteiger partial charge on any atom is 0.0942 e. The highest BCUT2D eigenvalue weighted by Gasteiger charge is 2.22. The largest absolute Gasteiger partial charge is 0.387 e. The summed E-state index contributed by atoms with van der Waals surface area (Å²) in [6.07, 6.45) is -0.488. The maximum atomic E-state index is 11.1. The molecule has 3 aromatic rings. The Hall–Kier alpha value is -1.90. The zero-order valence-electron chi connectivity index (χ0n) is 17.6. The summed E-state index contributed by atoms with van der Waals surface area (Å²) in [7, 11) is 0. The summed E-state index contributed by atoms with van der Waals surface area (Å²) in [5, 5.41) is 16.1. The van der Waals surface area contributed by atoms with E-state index < -0.39 is 6.10 Å². The summed E-state index contributed by atoms with van der Waals surface area (Å²) in [4.78, 5) is 2.31. The van der Waals surface area contributed by atoms with E-state index in [2.05, 4.69) is 88.9 Å². The minimum Gasteiger partial charge on any atom is -0.387 e. The average molecular weight is 364 g/mol. The third kappa shape index (κ3) is 3.74. The van der Waals surface area contributed by atoms with Crippen LogP contribution in [-0.2, 0) is 0 Å². The van der Waals surface area contributed by atoms with Gasteiger partial charge in [-0.25, -0.2) is 0 Å². The summed E-state index contributed by atoms with van der Waals surface area (Å²) in [6, 6.07) is 15.7.